The van der Waals surface area contributed by atoms with Crippen LogP contribution in [0.5, 0.6) is 0 Å². The van der Waals surface area contributed by atoms with Crippen LogP contribution in [0.2, 0.25) is 0 Å². The quantitative estimate of drug-likeness (QED) is 0.353. The lowest BCUT2D eigenvalue weighted by Crippen LogP contribution is -2.43. The zero-order valence-corrected chi connectivity index (χ0v) is 10.1. The molecule has 0 aromatic rings. The highest BCUT2D eigenvalue weighted by molar-refractivity contribution is 5.92. The van der Waals surface area contributed by atoms with E-state index in [1.807, 2.05) is 0 Å². The van der Waals surface area contributed by atoms with Crippen molar-refractivity contribution in [1.82, 2.24) is 4.90 Å². The van der Waals surface area contributed by atoms with Crippen molar-refractivity contribution in [3.63, 3.8) is 0 Å². The van der Waals surface area contributed by atoms with Crippen molar-refractivity contribution < 1.29 is 28.6 Å². The first-order chi connectivity index (χ1) is 8.63. The van der Waals surface area contributed by atoms with Crippen LogP contribution < -0.4 is 0 Å². The SMILES string of the molecule is COC(=O)/C=C/C(=O)OCC(=O)N1CC[OH+]CC1. The van der Waals surface area contributed by atoms with Gasteiger partial charge in [0.25, 0.3) is 5.91 Å². The van der Waals surface area contributed by atoms with Crippen molar-refractivity contribution in [2.45, 2.75) is 0 Å². The van der Waals surface area contributed by atoms with E-state index < -0.39 is 11.9 Å². The van der Waals surface area contributed by atoms with Gasteiger partial charge in [0.1, 0.15) is 0 Å². The van der Waals surface area contributed by atoms with E-state index in [1.165, 1.54) is 7.11 Å². The van der Waals surface area contributed by atoms with E-state index >= 15 is 0 Å². The fourth-order valence-corrected chi connectivity index (χ4v) is 1.33. The fourth-order valence-electron chi connectivity index (χ4n) is 1.33. The third-order valence-corrected chi connectivity index (χ3v) is 2.30. The Kier molecular flexibility index (Phi) is 5.86. The normalized spacial score (nSPS) is 15.5. The maximum Gasteiger partial charge on any atom is 0.331 e. The number of ether oxygens (including phenoxy) is 3. The van der Waals surface area contributed by atoms with Crippen molar-refractivity contribution in [3.8, 4) is 0 Å². The topological polar surface area (TPSA) is 85.7 Å². The van der Waals surface area contributed by atoms with Gasteiger partial charge in [0.15, 0.2) is 19.8 Å². The summed E-state index contributed by atoms with van der Waals surface area (Å²) in [6.07, 6.45) is 1.86. The van der Waals surface area contributed by atoms with Gasteiger partial charge in [0, 0.05) is 12.2 Å². The number of rotatable bonds is 4. The highest BCUT2D eigenvalue weighted by atomic mass is 16.5. The smallest absolute Gasteiger partial charge is 0.331 e. The molecule has 0 bridgehead atoms. The third-order valence-electron chi connectivity index (χ3n) is 2.30. The molecular formula is C11H16NO6+. The van der Waals surface area contributed by atoms with E-state index in [4.69, 9.17) is 4.74 Å². The second-order valence-electron chi connectivity index (χ2n) is 3.52. The minimum Gasteiger partial charge on any atom is -0.466 e. The maximum atomic E-state index is 11.6. The second kappa shape index (κ2) is 7.44. The number of carbonyl (C=O) groups is 3. The number of nitrogens with zero attached hydrogens (tertiary/aromatic N) is 1. The summed E-state index contributed by atoms with van der Waals surface area (Å²) in [6.45, 7) is 2.00. The number of aliphatic hydroxyl groups is 2. The third kappa shape index (κ3) is 4.96. The van der Waals surface area contributed by atoms with Gasteiger partial charge in [-0.25, -0.2) is 9.59 Å². The van der Waals surface area contributed by atoms with E-state index in [2.05, 4.69) is 9.47 Å². The molecule has 0 aromatic heterocycles. The summed E-state index contributed by atoms with van der Waals surface area (Å²) in [7, 11) is 1.20. The number of hydrogen-bond acceptors (Lipinski definition) is 5. The summed E-state index contributed by atoms with van der Waals surface area (Å²) in [5, 5.41) is 0. The first-order valence-electron chi connectivity index (χ1n) is 5.47. The second-order valence-corrected chi connectivity index (χ2v) is 3.52. The first-order valence-corrected chi connectivity index (χ1v) is 5.47. The molecular weight excluding hydrogens is 242 g/mol. The van der Waals surface area contributed by atoms with Crippen LogP contribution in [0.15, 0.2) is 12.2 Å². The Bertz CT molecular complexity index is 345. The molecule has 1 rings (SSSR count). The molecule has 0 radical (unpaired) electrons. The Morgan fingerprint density at radius 2 is 1.78 bits per heavy atom. The molecule has 0 aliphatic carbocycles. The largest absolute Gasteiger partial charge is 0.466 e. The Hall–Kier alpha value is -1.89. The summed E-state index contributed by atoms with van der Waals surface area (Å²) in [5.74, 6) is -1.67. The van der Waals surface area contributed by atoms with Crippen molar-refractivity contribution >= 4 is 17.8 Å². The molecule has 1 aliphatic heterocycles. The molecule has 1 N–H and O–H groups in total. The van der Waals surface area contributed by atoms with E-state index in [0.717, 1.165) is 12.2 Å². The van der Waals surface area contributed by atoms with Gasteiger partial charge in [0.05, 0.1) is 20.2 Å². The lowest BCUT2D eigenvalue weighted by Gasteiger charge is -2.23. The van der Waals surface area contributed by atoms with Crippen LogP contribution in [0.4, 0.5) is 0 Å². The Labute approximate surface area is 104 Å². The van der Waals surface area contributed by atoms with Crippen LogP contribution in [0.3, 0.4) is 0 Å². The molecule has 0 saturated carbocycles. The van der Waals surface area contributed by atoms with Gasteiger partial charge in [-0.1, -0.05) is 0 Å². The number of carbonyl (C=O) groups excluding carboxylic acids is 3. The maximum absolute atomic E-state index is 11.6. The number of methoxy groups -OCH3 is 1. The Morgan fingerprint density at radius 1 is 1.17 bits per heavy atom. The van der Waals surface area contributed by atoms with Crippen LogP contribution in [-0.2, 0) is 23.9 Å². The highest BCUT2D eigenvalue weighted by Gasteiger charge is 2.19. The summed E-state index contributed by atoms with van der Waals surface area (Å²) in [5.41, 5.74) is 0. The van der Waals surface area contributed by atoms with E-state index in [9.17, 15) is 14.4 Å². The lowest BCUT2D eigenvalue weighted by molar-refractivity contribution is -0.155. The average molecular weight is 258 g/mol. The van der Waals surface area contributed by atoms with Crippen LogP contribution in [0, 0.1) is 0 Å². The van der Waals surface area contributed by atoms with Gasteiger partial charge >= 0.3 is 11.9 Å². The van der Waals surface area contributed by atoms with Gasteiger partial charge < -0.3 is 19.1 Å². The molecule has 1 saturated heterocycles. The summed E-state index contributed by atoms with van der Waals surface area (Å²) < 4.78 is 13.1. The van der Waals surface area contributed by atoms with Crippen LogP contribution in [0.1, 0.15) is 0 Å². The number of hydrogen-bond donors (Lipinski definition) is 0. The fraction of sp³-hybridized carbons (Fsp3) is 0.545. The minimum absolute atomic E-state index is 0.260. The monoisotopic (exact) mass is 258 g/mol. The standard InChI is InChI=1S/C11H15NO6/c1-16-10(14)2-3-11(15)18-8-9(13)12-4-6-17-7-5-12/h2-3H,4-8H2,1H3/p+1/b3-2+. The minimum atomic E-state index is -0.754. The van der Waals surface area contributed by atoms with Crippen LogP contribution in [0.25, 0.3) is 0 Å². The van der Waals surface area contributed by atoms with Crippen molar-refractivity contribution in [2.24, 2.45) is 0 Å². The van der Waals surface area contributed by atoms with Gasteiger partial charge in [-0.3, -0.25) is 4.79 Å². The molecule has 7 heteroatoms. The number of esters is 2. The Balaban J connectivity index is 2.27. The van der Waals surface area contributed by atoms with Crippen molar-refractivity contribution in [1.29, 1.82) is 0 Å². The lowest BCUT2D eigenvalue weighted by atomic mass is 10.4. The van der Waals surface area contributed by atoms with Gasteiger partial charge in [-0.15, -0.1) is 0 Å². The number of amides is 1. The van der Waals surface area contributed by atoms with Gasteiger partial charge in [-0.2, -0.15) is 0 Å². The summed E-state index contributed by atoms with van der Waals surface area (Å²) in [4.78, 5) is 35.0. The molecule has 100 valence electrons. The van der Waals surface area contributed by atoms with Gasteiger partial charge in [-0.05, 0) is 0 Å². The number of morpholine rings is 1. The molecule has 0 spiro atoms. The Morgan fingerprint density at radius 3 is 2.39 bits per heavy atom. The molecule has 1 aliphatic rings. The zero-order valence-electron chi connectivity index (χ0n) is 10.1. The molecule has 1 amide bonds. The summed E-state index contributed by atoms with van der Waals surface area (Å²) in [6, 6.07) is 0. The van der Waals surface area contributed by atoms with Crippen LogP contribution in [-0.4, -0.2) is 67.5 Å². The zero-order chi connectivity index (χ0) is 13.4. The predicted octanol–water partition coefficient (Wildman–Crippen LogP) is -1.37. The molecule has 18 heavy (non-hydrogen) atoms. The molecule has 0 unspecified atom stereocenters. The molecule has 1 fully saturated rings. The van der Waals surface area contributed by atoms with E-state index in [1.54, 1.807) is 4.90 Å². The van der Waals surface area contributed by atoms with Crippen LogP contribution >= 0.6 is 0 Å². The first kappa shape index (κ1) is 14.2. The van der Waals surface area contributed by atoms with Crippen molar-refractivity contribution in [3.05, 3.63) is 12.2 Å². The predicted molar refractivity (Wildman–Crippen MR) is 60.6 cm³/mol. The average Bonchev–Trinajstić information content (AvgIpc) is 2.42. The molecule has 1 heterocycles. The van der Waals surface area contributed by atoms with Crippen molar-refractivity contribution in [2.75, 3.05) is 40.0 Å². The summed E-state index contributed by atoms with van der Waals surface area (Å²) >= 11 is 0. The molecule has 7 nitrogen and oxygen atoms in total. The van der Waals surface area contributed by atoms with E-state index in [0.29, 0.717) is 26.3 Å². The highest BCUT2D eigenvalue weighted by Crippen LogP contribution is 1.96. The molecule has 0 atom stereocenters. The van der Waals surface area contributed by atoms with Gasteiger partial charge in [0.2, 0.25) is 0 Å². The molecule has 0 aromatic carbocycles. The van der Waals surface area contributed by atoms with E-state index in [-0.39, 0.29) is 12.5 Å².